The molecule has 0 aliphatic carbocycles. The molecule has 0 atom stereocenters. The molecule has 8 heteroatoms. The number of halogens is 3. The zero-order valence-electron chi connectivity index (χ0n) is 12.4. The molecule has 0 saturated carbocycles. The maximum Gasteiger partial charge on any atom is 0.435 e. The van der Waals surface area contributed by atoms with E-state index in [0.29, 0.717) is 12.0 Å². The second-order valence-electron chi connectivity index (χ2n) is 5.05. The summed E-state index contributed by atoms with van der Waals surface area (Å²) in [4.78, 5) is 11.8. The van der Waals surface area contributed by atoms with E-state index in [1.54, 1.807) is 18.2 Å². The first-order valence-corrected chi connectivity index (χ1v) is 6.91. The Hall–Kier alpha value is -2.51. The minimum absolute atomic E-state index is 0.0425. The summed E-state index contributed by atoms with van der Waals surface area (Å²) in [7, 11) is 1.39. The molecule has 0 radical (unpaired) electrons. The molecule has 0 aliphatic rings. The molecule has 2 N–H and O–H groups in total. The van der Waals surface area contributed by atoms with E-state index in [9.17, 15) is 23.1 Å². The van der Waals surface area contributed by atoms with Gasteiger partial charge in [-0.05, 0) is 24.1 Å². The zero-order valence-corrected chi connectivity index (χ0v) is 12.4. The summed E-state index contributed by atoms with van der Waals surface area (Å²) in [6.07, 6.45) is -4.04. The molecule has 0 bridgehead atoms. The third-order valence-corrected chi connectivity index (χ3v) is 3.35. The predicted octanol–water partition coefficient (Wildman–Crippen LogP) is 2.39. The third kappa shape index (κ3) is 4.48. The average Bonchev–Trinajstić information content (AvgIpc) is 2.85. The van der Waals surface area contributed by atoms with E-state index in [0.717, 1.165) is 10.7 Å². The van der Waals surface area contributed by atoms with E-state index in [4.69, 9.17) is 0 Å². The number of aromatic hydroxyl groups is 1. The van der Waals surface area contributed by atoms with Crippen molar-refractivity contribution < 1.29 is 23.1 Å². The second kappa shape index (κ2) is 6.72. The van der Waals surface area contributed by atoms with Crippen LogP contribution in [0.25, 0.3) is 0 Å². The lowest BCUT2D eigenvalue weighted by atomic mass is 10.1. The zero-order chi connectivity index (χ0) is 17.0. The molecule has 2 aromatic rings. The molecular weight excluding hydrogens is 311 g/mol. The van der Waals surface area contributed by atoms with Gasteiger partial charge in [0.15, 0.2) is 5.69 Å². The third-order valence-electron chi connectivity index (χ3n) is 3.35. The SMILES string of the molecule is Cn1nc(C(F)(F)F)cc1CNC(=O)CCc1ccccc1O. The van der Waals surface area contributed by atoms with Crippen LogP contribution in [0.4, 0.5) is 13.2 Å². The summed E-state index contributed by atoms with van der Waals surface area (Å²) in [5, 5.41) is 15.5. The van der Waals surface area contributed by atoms with Gasteiger partial charge in [-0.2, -0.15) is 18.3 Å². The number of hydrogen-bond acceptors (Lipinski definition) is 3. The van der Waals surface area contributed by atoms with Gasteiger partial charge in [-0.15, -0.1) is 0 Å². The molecule has 1 aromatic heterocycles. The van der Waals surface area contributed by atoms with Crippen molar-refractivity contribution in [1.29, 1.82) is 0 Å². The number of amides is 1. The molecule has 5 nitrogen and oxygen atoms in total. The van der Waals surface area contributed by atoms with Gasteiger partial charge in [-0.3, -0.25) is 9.48 Å². The van der Waals surface area contributed by atoms with Crippen LogP contribution in [0.3, 0.4) is 0 Å². The summed E-state index contributed by atoms with van der Waals surface area (Å²) in [5.74, 6) is -0.204. The van der Waals surface area contributed by atoms with Gasteiger partial charge in [0.25, 0.3) is 0 Å². The van der Waals surface area contributed by atoms with Crippen LogP contribution in [-0.4, -0.2) is 20.8 Å². The molecule has 1 aromatic carbocycles. The van der Waals surface area contributed by atoms with Crippen molar-refractivity contribution in [3.05, 3.63) is 47.3 Å². The van der Waals surface area contributed by atoms with Crippen LogP contribution in [0, 0.1) is 0 Å². The monoisotopic (exact) mass is 327 g/mol. The first kappa shape index (κ1) is 16.9. The summed E-state index contributed by atoms with van der Waals surface area (Å²) in [6, 6.07) is 7.57. The Morgan fingerprint density at radius 1 is 1.35 bits per heavy atom. The smallest absolute Gasteiger partial charge is 0.435 e. The number of hydrogen-bond donors (Lipinski definition) is 2. The van der Waals surface area contributed by atoms with Gasteiger partial charge in [-0.25, -0.2) is 0 Å². The molecular formula is C15H16F3N3O2. The van der Waals surface area contributed by atoms with Crippen LogP contribution < -0.4 is 5.32 Å². The van der Waals surface area contributed by atoms with E-state index in [1.807, 2.05) is 0 Å². The van der Waals surface area contributed by atoms with Crippen LogP contribution in [-0.2, 0) is 31.0 Å². The van der Waals surface area contributed by atoms with Gasteiger partial charge in [0.2, 0.25) is 5.91 Å². The molecule has 1 heterocycles. The Kier molecular flexibility index (Phi) is 4.92. The number of carbonyl (C=O) groups is 1. The highest BCUT2D eigenvalue weighted by Crippen LogP contribution is 2.28. The number of alkyl halides is 3. The maximum absolute atomic E-state index is 12.5. The summed E-state index contributed by atoms with van der Waals surface area (Å²) >= 11 is 0. The number of benzene rings is 1. The van der Waals surface area contributed by atoms with Gasteiger partial charge >= 0.3 is 6.18 Å². The Morgan fingerprint density at radius 3 is 2.65 bits per heavy atom. The highest BCUT2D eigenvalue weighted by atomic mass is 19.4. The number of para-hydroxylation sites is 1. The molecule has 0 aliphatic heterocycles. The van der Waals surface area contributed by atoms with Crippen molar-refractivity contribution in [2.45, 2.75) is 25.6 Å². The van der Waals surface area contributed by atoms with Crippen LogP contribution >= 0.6 is 0 Å². The van der Waals surface area contributed by atoms with E-state index in [2.05, 4.69) is 10.4 Å². The van der Waals surface area contributed by atoms with Gasteiger partial charge in [0.05, 0.1) is 12.2 Å². The first-order chi connectivity index (χ1) is 10.8. The first-order valence-electron chi connectivity index (χ1n) is 6.91. The quantitative estimate of drug-likeness (QED) is 0.886. The number of nitrogens with one attached hydrogen (secondary N) is 1. The Balaban J connectivity index is 1.88. The minimum atomic E-state index is -4.51. The van der Waals surface area contributed by atoms with Gasteiger partial charge in [0, 0.05) is 13.5 Å². The highest BCUT2D eigenvalue weighted by Gasteiger charge is 2.34. The standard InChI is InChI=1S/C15H16F3N3O2/c1-21-11(8-13(20-21)15(16,17)18)9-19-14(23)7-6-10-4-2-3-5-12(10)22/h2-5,8,22H,6-7,9H2,1H3,(H,19,23). The van der Waals surface area contributed by atoms with E-state index >= 15 is 0 Å². The summed E-state index contributed by atoms with van der Waals surface area (Å²) < 4.78 is 38.7. The largest absolute Gasteiger partial charge is 0.508 e. The fourth-order valence-corrected chi connectivity index (χ4v) is 2.06. The van der Waals surface area contributed by atoms with Gasteiger partial charge in [-0.1, -0.05) is 18.2 Å². The van der Waals surface area contributed by atoms with Gasteiger partial charge in [0.1, 0.15) is 5.75 Å². The second-order valence-corrected chi connectivity index (χ2v) is 5.05. The molecule has 2 rings (SSSR count). The van der Waals surface area contributed by atoms with Gasteiger partial charge < -0.3 is 10.4 Å². The predicted molar refractivity (Wildman–Crippen MR) is 76.5 cm³/mol. The van der Waals surface area contributed by atoms with Crippen molar-refractivity contribution in [3.8, 4) is 5.75 Å². The number of phenols is 1. The lowest BCUT2D eigenvalue weighted by molar-refractivity contribution is -0.141. The lowest BCUT2D eigenvalue weighted by Crippen LogP contribution is -2.24. The molecule has 0 saturated heterocycles. The molecule has 0 unspecified atom stereocenters. The molecule has 0 spiro atoms. The van der Waals surface area contributed by atoms with Crippen LogP contribution in [0.2, 0.25) is 0 Å². The minimum Gasteiger partial charge on any atom is -0.508 e. The lowest BCUT2D eigenvalue weighted by Gasteiger charge is -2.06. The number of phenolic OH excluding ortho intramolecular Hbond substituents is 1. The number of aryl methyl sites for hydroxylation is 2. The topological polar surface area (TPSA) is 67.2 Å². The van der Waals surface area contributed by atoms with Crippen molar-refractivity contribution in [2.24, 2.45) is 7.05 Å². The Labute approximate surface area is 130 Å². The molecule has 1 amide bonds. The van der Waals surface area contributed by atoms with Crippen molar-refractivity contribution in [1.82, 2.24) is 15.1 Å². The molecule has 124 valence electrons. The normalized spacial score (nSPS) is 11.5. The van der Waals surface area contributed by atoms with Crippen molar-refractivity contribution in [3.63, 3.8) is 0 Å². The number of nitrogens with zero attached hydrogens (tertiary/aromatic N) is 2. The Bertz CT molecular complexity index is 696. The number of carbonyl (C=O) groups excluding carboxylic acids is 1. The van der Waals surface area contributed by atoms with E-state index in [1.165, 1.54) is 13.1 Å². The number of aromatic nitrogens is 2. The van der Waals surface area contributed by atoms with Crippen molar-refractivity contribution in [2.75, 3.05) is 0 Å². The summed E-state index contributed by atoms with van der Waals surface area (Å²) in [5.41, 5.74) is -0.0887. The van der Waals surface area contributed by atoms with E-state index < -0.39 is 11.9 Å². The maximum atomic E-state index is 12.5. The van der Waals surface area contributed by atoms with Crippen molar-refractivity contribution >= 4 is 5.91 Å². The van der Waals surface area contributed by atoms with Crippen LogP contribution in [0.1, 0.15) is 23.4 Å². The summed E-state index contributed by atoms with van der Waals surface area (Å²) in [6.45, 7) is -0.0425. The van der Waals surface area contributed by atoms with Crippen LogP contribution in [0.15, 0.2) is 30.3 Å². The fourth-order valence-electron chi connectivity index (χ4n) is 2.06. The van der Waals surface area contributed by atoms with E-state index in [-0.39, 0.29) is 30.3 Å². The Morgan fingerprint density at radius 2 is 2.04 bits per heavy atom. The average molecular weight is 327 g/mol. The van der Waals surface area contributed by atoms with Crippen LogP contribution in [0.5, 0.6) is 5.75 Å². The highest BCUT2D eigenvalue weighted by molar-refractivity contribution is 5.76. The molecule has 23 heavy (non-hydrogen) atoms. The fraction of sp³-hybridized carbons (Fsp3) is 0.333. The molecule has 0 fully saturated rings. The number of rotatable bonds is 5.